The molecular formula is C25H29NO6. The molecule has 7 nitrogen and oxygen atoms in total. The Morgan fingerprint density at radius 1 is 1.06 bits per heavy atom. The standard InChI is InChI=1S/C25H29NO6/c1-15(7-13-21(27)26-17-8-10-18(29-3)11-9-17)6-12-19-23(30-4)16(2)20-14-32-25(28)22(20)24(19)31-5/h6,8-11H,7,12-14H2,1-5H3,(H,26,27). The summed E-state index contributed by atoms with van der Waals surface area (Å²) in [5, 5.41) is 2.89. The van der Waals surface area contributed by atoms with Crippen molar-refractivity contribution in [2.24, 2.45) is 0 Å². The second kappa shape index (κ2) is 10.2. The molecule has 0 saturated heterocycles. The molecule has 3 rings (SSSR count). The van der Waals surface area contributed by atoms with Crippen LogP contribution >= 0.6 is 0 Å². The van der Waals surface area contributed by atoms with E-state index in [1.54, 1.807) is 45.6 Å². The summed E-state index contributed by atoms with van der Waals surface area (Å²) in [6, 6.07) is 7.21. The van der Waals surface area contributed by atoms with Gasteiger partial charge in [0.25, 0.3) is 0 Å². The Labute approximate surface area is 188 Å². The van der Waals surface area contributed by atoms with E-state index < -0.39 is 0 Å². The molecular weight excluding hydrogens is 410 g/mol. The summed E-state index contributed by atoms with van der Waals surface area (Å²) >= 11 is 0. The van der Waals surface area contributed by atoms with Crippen LogP contribution in [-0.4, -0.2) is 33.2 Å². The lowest BCUT2D eigenvalue weighted by atomic mass is 9.94. The van der Waals surface area contributed by atoms with Gasteiger partial charge in [0.05, 0.1) is 21.3 Å². The molecule has 0 saturated carbocycles. The SMILES string of the molecule is COc1ccc(NC(=O)CCC(C)=CCc2c(OC)c(C)c3c(c2OC)C(=O)OC3)cc1. The Kier molecular flexibility index (Phi) is 7.41. The average Bonchev–Trinajstić information content (AvgIpc) is 3.18. The van der Waals surface area contributed by atoms with Crippen molar-refractivity contribution in [2.75, 3.05) is 26.6 Å². The Morgan fingerprint density at radius 2 is 1.75 bits per heavy atom. The number of fused-ring (bicyclic) bond motifs is 1. The summed E-state index contributed by atoms with van der Waals surface area (Å²) in [6.45, 7) is 4.13. The minimum absolute atomic E-state index is 0.0609. The number of esters is 1. The smallest absolute Gasteiger partial charge is 0.342 e. The number of hydrogen-bond acceptors (Lipinski definition) is 6. The fourth-order valence-corrected chi connectivity index (χ4v) is 3.82. The lowest BCUT2D eigenvalue weighted by Crippen LogP contribution is -2.11. The van der Waals surface area contributed by atoms with Crippen molar-refractivity contribution in [1.29, 1.82) is 0 Å². The van der Waals surface area contributed by atoms with Gasteiger partial charge in [-0.15, -0.1) is 0 Å². The zero-order valence-electron chi connectivity index (χ0n) is 19.2. The fraction of sp³-hybridized carbons (Fsp3) is 0.360. The topological polar surface area (TPSA) is 83.1 Å². The highest BCUT2D eigenvalue weighted by molar-refractivity contribution is 5.98. The van der Waals surface area contributed by atoms with Gasteiger partial charge in [0.15, 0.2) is 0 Å². The van der Waals surface area contributed by atoms with Gasteiger partial charge in [-0.1, -0.05) is 11.6 Å². The van der Waals surface area contributed by atoms with E-state index in [1.165, 1.54) is 0 Å². The molecule has 1 heterocycles. The first-order chi connectivity index (χ1) is 15.4. The molecule has 2 aromatic rings. The van der Waals surface area contributed by atoms with E-state index in [9.17, 15) is 9.59 Å². The summed E-state index contributed by atoms with van der Waals surface area (Å²) in [5.41, 5.74) is 4.75. The predicted octanol–water partition coefficient (Wildman–Crippen LogP) is 4.60. The molecule has 1 aliphatic heterocycles. The summed E-state index contributed by atoms with van der Waals surface area (Å²) in [6.07, 6.45) is 3.52. The maximum atomic E-state index is 12.3. The number of allylic oxidation sites excluding steroid dienone is 2. The Morgan fingerprint density at radius 3 is 2.38 bits per heavy atom. The van der Waals surface area contributed by atoms with Crippen LogP contribution in [0, 0.1) is 6.92 Å². The lowest BCUT2D eigenvalue weighted by Gasteiger charge is -2.18. The van der Waals surface area contributed by atoms with Crippen LogP contribution in [0.4, 0.5) is 5.69 Å². The van der Waals surface area contributed by atoms with Crippen LogP contribution in [0.15, 0.2) is 35.9 Å². The second-order valence-electron chi connectivity index (χ2n) is 7.63. The maximum absolute atomic E-state index is 12.3. The quantitative estimate of drug-likeness (QED) is 0.454. The summed E-state index contributed by atoms with van der Waals surface area (Å²) < 4.78 is 21.6. The Balaban J connectivity index is 1.69. The van der Waals surface area contributed by atoms with Crippen molar-refractivity contribution in [1.82, 2.24) is 0 Å². The Hall–Kier alpha value is -3.48. The molecule has 0 atom stereocenters. The molecule has 32 heavy (non-hydrogen) atoms. The van der Waals surface area contributed by atoms with Crippen LogP contribution in [0.25, 0.3) is 0 Å². The molecule has 1 N–H and O–H groups in total. The third-order valence-electron chi connectivity index (χ3n) is 5.61. The van der Waals surface area contributed by atoms with Crippen molar-refractivity contribution in [2.45, 2.75) is 39.7 Å². The molecule has 0 spiro atoms. The van der Waals surface area contributed by atoms with Crippen LogP contribution in [-0.2, 0) is 22.6 Å². The number of nitrogens with one attached hydrogen (secondary N) is 1. The van der Waals surface area contributed by atoms with Crippen LogP contribution in [0.2, 0.25) is 0 Å². The third-order valence-corrected chi connectivity index (χ3v) is 5.61. The molecule has 0 radical (unpaired) electrons. The molecule has 0 unspecified atom stereocenters. The van der Waals surface area contributed by atoms with Crippen LogP contribution in [0.1, 0.15) is 46.8 Å². The first-order valence-electron chi connectivity index (χ1n) is 10.4. The van der Waals surface area contributed by atoms with E-state index in [0.29, 0.717) is 36.3 Å². The normalized spacial score (nSPS) is 12.8. The zero-order valence-corrected chi connectivity index (χ0v) is 19.2. The number of anilines is 1. The van der Waals surface area contributed by atoms with E-state index in [-0.39, 0.29) is 18.5 Å². The van der Waals surface area contributed by atoms with Crippen molar-refractivity contribution in [3.8, 4) is 17.2 Å². The number of methoxy groups -OCH3 is 3. The minimum atomic E-state index is -0.375. The summed E-state index contributed by atoms with van der Waals surface area (Å²) in [4.78, 5) is 24.5. The van der Waals surface area contributed by atoms with Crippen molar-refractivity contribution >= 4 is 17.6 Å². The van der Waals surface area contributed by atoms with Crippen LogP contribution in [0.3, 0.4) is 0 Å². The Bertz CT molecular complexity index is 1040. The zero-order chi connectivity index (χ0) is 23.3. The first kappa shape index (κ1) is 23.2. The maximum Gasteiger partial charge on any atom is 0.342 e. The highest BCUT2D eigenvalue weighted by Crippen LogP contribution is 2.42. The molecule has 0 fully saturated rings. The van der Waals surface area contributed by atoms with Crippen molar-refractivity contribution in [3.05, 3.63) is 58.2 Å². The monoisotopic (exact) mass is 439 g/mol. The predicted molar refractivity (Wildman–Crippen MR) is 122 cm³/mol. The number of rotatable bonds is 9. The van der Waals surface area contributed by atoms with E-state index >= 15 is 0 Å². The van der Waals surface area contributed by atoms with E-state index in [0.717, 1.165) is 33.7 Å². The first-order valence-corrected chi connectivity index (χ1v) is 10.4. The molecule has 170 valence electrons. The molecule has 1 aliphatic rings. The summed E-state index contributed by atoms with van der Waals surface area (Å²) in [7, 11) is 4.75. The average molecular weight is 440 g/mol. The molecule has 7 heteroatoms. The van der Waals surface area contributed by atoms with Gasteiger partial charge in [0, 0.05) is 23.2 Å². The van der Waals surface area contributed by atoms with E-state index in [2.05, 4.69) is 5.32 Å². The summed E-state index contributed by atoms with van der Waals surface area (Å²) in [5.74, 6) is 1.49. The van der Waals surface area contributed by atoms with Gasteiger partial charge in [-0.05, 0) is 56.5 Å². The van der Waals surface area contributed by atoms with Gasteiger partial charge < -0.3 is 24.3 Å². The van der Waals surface area contributed by atoms with E-state index in [1.807, 2.05) is 19.9 Å². The van der Waals surface area contributed by atoms with Gasteiger partial charge in [-0.25, -0.2) is 4.79 Å². The van der Waals surface area contributed by atoms with Gasteiger partial charge in [0.2, 0.25) is 5.91 Å². The fourth-order valence-electron chi connectivity index (χ4n) is 3.82. The number of hydrogen-bond donors (Lipinski definition) is 1. The molecule has 2 aromatic carbocycles. The number of cyclic esters (lactones) is 1. The van der Waals surface area contributed by atoms with Crippen LogP contribution in [0.5, 0.6) is 17.2 Å². The number of amides is 1. The lowest BCUT2D eigenvalue weighted by molar-refractivity contribution is -0.116. The van der Waals surface area contributed by atoms with Crippen molar-refractivity contribution < 1.29 is 28.5 Å². The van der Waals surface area contributed by atoms with Gasteiger partial charge in [-0.3, -0.25) is 4.79 Å². The largest absolute Gasteiger partial charge is 0.497 e. The van der Waals surface area contributed by atoms with Gasteiger partial charge in [0.1, 0.15) is 29.4 Å². The van der Waals surface area contributed by atoms with Crippen LogP contribution < -0.4 is 19.5 Å². The molecule has 0 aromatic heterocycles. The number of benzene rings is 2. The molecule has 0 aliphatic carbocycles. The molecule has 1 amide bonds. The second-order valence-corrected chi connectivity index (χ2v) is 7.63. The van der Waals surface area contributed by atoms with Gasteiger partial charge >= 0.3 is 5.97 Å². The number of carbonyl (C=O) groups excluding carboxylic acids is 2. The number of carbonyl (C=O) groups is 2. The van der Waals surface area contributed by atoms with Gasteiger partial charge in [-0.2, -0.15) is 0 Å². The van der Waals surface area contributed by atoms with E-state index in [4.69, 9.17) is 18.9 Å². The highest BCUT2D eigenvalue weighted by atomic mass is 16.5. The third kappa shape index (κ3) is 4.88. The molecule has 0 bridgehead atoms. The minimum Gasteiger partial charge on any atom is -0.497 e. The van der Waals surface area contributed by atoms with Crippen molar-refractivity contribution in [3.63, 3.8) is 0 Å². The number of ether oxygens (including phenoxy) is 4. The highest BCUT2D eigenvalue weighted by Gasteiger charge is 2.32.